The topological polar surface area (TPSA) is 84.9 Å². The second kappa shape index (κ2) is 12.8. The summed E-state index contributed by atoms with van der Waals surface area (Å²) in [6, 6.07) is 6.38. The molecule has 0 saturated heterocycles. The van der Waals surface area contributed by atoms with Gasteiger partial charge in [-0.1, -0.05) is 44.2 Å². The highest BCUT2D eigenvalue weighted by atomic mass is 32.2. The normalized spacial score (nSPS) is 20.1. The van der Waals surface area contributed by atoms with Crippen LogP contribution in [0.1, 0.15) is 72.6 Å². The third kappa shape index (κ3) is 8.24. The van der Waals surface area contributed by atoms with Gasteiger partial charge in [-0.3, -0.25) is 24.6 Å². The average Bonchev–Trinajstić information content (AvgIpc) is 2.93. The molecule has 35 heavy (non-hydrogen) atoms. The van der Waals surface area contributed by atoms with Gasteiger partial charge in [0.15, 0.2) is 0 Å². The van der Waals surface area contributed by atoms with E-state index >= 15 is 0 Å². The van der Waals surface area contributed by atoms with Gasteiger partial charge >= 0.3 is 11.9 Å². The van der Waals surface area contributed by atoms with Crippen molar-refractivity contribution in [2.75, 3.05) is 23.8 Å². The van der Waals surface area contributed by atoms with E-state index < -0.39 is 23.7 Å². The Hall–Kier alpha value is -2.06. The number of fused-ring (bicyclic) bond motifs is 1. The molecule has 1 aromatic carbocycles. The van der Waals surface area contributed by atoms with Gasteiger partial charge in [-0.25, -0.2) is 0 Å². The number of carbonyl (C=O) groups excluding carboxylic acids is 3. The minimum atomic E-state index is -0.647. The van der Waals surface area contributed by atoms with Gasteiger partial charge in [0.2, 0.25) is 5.91 Å². The van der Waals surface area contributed by atoms with E-state index in [0.29, 0.717) is 30.4 Å². The number of nitrogens with zero attached hydrogens (tertiary/aromatic N) is 1. The van der Waals surface area contributed by atoms with Gasteiger partial charge in [0.05, 0.1) is 18.3 Å². The Morgan fingerprint density at radius 3 is 2.57 bits per heavy atom. The Bertz CT molecular complexity index is 879. The number of hydrogen-bond donors (Lipinski definition) is 1. The standard InChI is InChI=1S/C27H40N2O5S/c1-5-33-26(32)20(16-15-19-11-7-6-8-12-19)28-21-18-35-23-14-10-9-13-22(23)29(25(21)31)17-24(30)34-27(2,3)4/h9-10,13-14,19-21,28H,5-8,11-12,15-18H2,1-4H3/t20-,21-/m0/s1. The number of amides is 1. The van der Waals surface area contributed by atoms with Crippen molar-refractivity contribution in [2.24, 2.45) is 5.92 Å². The van der Waals surface area contributed by atoms with Gasteiger partial charge in [0, 0.05) is 10.6 Å². The summed E-state index contributed by atoms with van der Waals surface area (Å²) >= 11 is 1.55. The average molecular weight is 505 g/mol. The summed E-state index contributed by atoms with van der Waals surface area (Å²) in [7, 11) is 0. The molecule has 0 spiro atoms. The van der Waals surface area contributed by atoms with Crippen LogP contribution in [0, 0.1) is 5.92 Å². The highest BCUT2D eigenvalue weighted by molar-refractivity contribution is 7.99. The predicted octanol–water partition coefficient (Wildman–Crippen LogP) is 4.72. The number of nitrogens with one attached hydrogen (secondary N) is 1. The number of esters is 2. The van der Waals surface area contributed by atoms with Gasteiger partial charge in [-0.05, 0) is 58.6 Å². The molecule has 2 atom stereocenters. The quantitative estimate of drug-likeness (QED) is 0.487. The lowest BCUT2D eigenvalue weighted by molar-refractivity contribution is -0.154. The van der Waals surface area contributed by atoms with Gasteiger partial charge < -0.3 is 9.47 Å². The molecular weight excluding hydrogens is 464 g/mol. The number of rotatable bonds is 9. The van der Waals surface area contributed by atoms with Crippen LogP contribution in [0.4, 0.5) is 5.69 Å². The minimum Gasteiger partial charge on any atom is -0.465 e. The Morgan fingerprint density at radius 1 is 1.17 bits per heavy atom. The van der Waals surface area contributed by atoms with Gasteiger partial charge in [0.25, 0.3) is 0 Å². The van der Waals surface area contributed by atoms with Crippen molar-refractivity contribution in [1.29, 1.82) is 0 Å². The summed E-state index contributed by atoms with van der Waals surface area (Å²) in [4.78, 5) is 41.6. The maximum Gasteiger partial charge on any atom is 0.326 e. The molecule has 0 radical (unpaired) electrons. The van der Waals surface area contributed by atoms with Crippen LogP contribution in [0.3, 0.4) is 0 Å². The fourth-order valence-electron chi connectivity index (χ4n) is 4.77. The Balaban J connectivity index is 1.77. The molecular formula is C27H40N2O5S. The van der Waals surface area contributed by atoms with E-state index in [0.717, 1.165) is 11.3 Å². The van der Waals surface area contributed by atoms with Crippen molar-refractivity contribution in [2.45, 2.75) is 95.2 Å². The van der Waals surface area contributed by atoms with E-state index in [1.807, 2.05) is 24.3 Å². The molecule has 0 bridgehead atoms. The van der Waals surface area contributed by atoms with Crippen LogP contribution in [0.5, 0.6) is 0 Å². The largest absolute Gasteiger partial charge is 0.465 e. The van der Waals surface area contributed by atoms with Crippen LogP contribution in [0.15, 0.2) is 29.2 Å². The highest BCUT2D eigenvalue weighted by Gasteiger charge is 2.36. The zero-order chi connectivity index (χ0) is 25.4. The lowest BCUT2D eigenvalue weighted by Crippen LogP contribution is -2.54. The van der Waals surface area contributed by atoms with E-state index in [9.17, 15) is 14.4 Å². The molecule has 1 heterocycles. The van der Waals surface area contributed by atoms with Crippen LogP contribution in [-0.2, 0) is 23.9 Å². The lowest BCUT2D eigenvalue weighted by atomic mass is 9.85. The summed E-state index contributed by atoms with van der Waals surface area (Å²) in [5, 5.41) is 3.32. The molecule has 0 aromatic heterocycles. The van der Waals surface area contributed by atoms with E-state index in [-0.39, 0.29) is 18.4 Å². The number of carbonyl (C=O) groups is 3. The summed E-state index contributed by atoms with van der Waals surface area (Å²) in [6.45, 7) is 7.32. The van der Waals surface area contributed by atoms with E-state index in [1.54, 1.807) is 39.5 Å². The van der Waals surface area contributed by atoms with Crippen LogP contribution in [-0.4, -0.2) is 54.4 Å². The van der Waals surface area contributed by atoms with Crippen LogP contribution >= 0.6 is 11.8 Å². The number of para-hydroxylation sites is 1. The number of hydrogen-bond acceptors (Lipinski definition) is 7. The van der Waals surface area contributed by atoms with Crippen molar-refractivity contribution in [1.82, 2.24) is 5.32 Å². The van der Waals surface area contributed by atoms with E-state index in [1.165, 1.54) is 37.0 Å². The molecule has 1 N–H and O–H groups in total. The lowest BCUT2D eigenvalue weighted by Gasteiger charge is -2.29. The van der Waals surface area contributed by atoms with Gasteiger partial charge in [-0.2, -0.15) is 0 Å². The second-order valence-corrected chi connectivity index (χ2v) is 11.5. The molecule has 1 aliphatic heterocycles. The van der Waals surface area contributed by atoms with Crippen molar-refractivity contribution in [3.05, 3.63) is 24.3 Å². The summed E-state index contributed by atoms with van der Waals surface area (Å²) in [6.07, 6.45) is 7.76. The summed E-state index contributed by atoms with van der Waals surface area (Å²) in [5.41, 5.74) is 0.0407. The van der Waals surface area contributed by atoms with E-state index in [4.69, 9.17) is 9.47 Å². The minimum absolute atomic E-state index is 0.183. The highest BCUT2D eigenvalue weighted by Crippen LogP contribution is 2.35. The zero-order valence-electron chi connectivity index (χ0n) is 21.5. The number of thioether (sulfide) groups is 1. The first-order chi connectivity index (χ1) is 16.7. The summed E-state index contributed by atoms with van der Waals surface area (Å²) < 4.78 is 10.9. The first kappa shape index (κ1) is 27.5. The molecule has 194 valence electrons. The molecule has 1 saturated carbocycles. The van der Waals surface area contributed by atoms with E-state index in [2.05, 4.69) is 5.32 Å². The Kier molecular flexibility index (Phi) is 10.0. The maximum atomic E-state index is 13.7. The monoisotopic (exact) mass is 504 g/mol. The number of anilines is 1. The zero-order valence-corrected chi connectivity index (χ0v) is 22.3. The number of benzene rings is 1. The van der Waals surface area contributed by atoms with Crippen molar-refractivity contribution < 1.29 is 23.9 Å². The molecule has 1 amide bonds. The fourth-order valence-corrected chi connectivity index (χ4v) is 5.86. The molecule has 8 heteroatoms. The molecule has 2 aliphatic rings. The maximum absolute atomic E-state index is 13.7. The molecule has 1 fully saturated rings. The van der Waals surface area contributed by atoms with Gasteiger partial charge in [-0.15, -0.1) is 11.8 Å². The smallest absolute Gasteiger partial charge is 0.326 e. The van der Waals surface area contributed by atoms with Crippen LogP contribution < -0.4 is 10.2 Å². The van der Waals surface area contributed by atoms with Crippen molar-refractivity contribution in [3.63, 3.8) is 0 Å². The Morgan fingerprint density at radius 2 is 1.89 bits per heavy atom. The van der Waals surface area contributed by atoms with Crippen molar-refractivity contribution in [3.8, 4) is 0 Å². The van der Waals surface area contributed by atoms with Gasteiger partial charge in [0.1, 0.15) is 18.2 Å². The Labute approximate surface area is 213 Å². The van der Waals surface area contributed by atoms with Crippen molar-refractivity contribution >= 4 is 35.3 Å². The summed E-state index contributed by atoms with van der Waals surface area (Å²) in [5.74, 6) is 0.0574. The molecule has 7 nitrogen and oxygen atoms in total. The first-order valence-electron chi connectivity index (χ1n) is 12.9. The second-order valence-electron chi connectivity index (χ2n) is 10.4. The fraction of sp³-hybridized carbons (Fsp3) is 0.667. The first-order valence-corrected chi connectivity index (χ1v) is 13.8. The predicted molar refractivity (Wildman–Crippen MR) is 139 cm³/mol. The molecule has 1 aliphatic carbocycles. The SMILES string of the molecule is CCOC(=O)[C@H](CCC1CCCCC1)N[C@H]1CSc2ccccc2N(CC(=O)OC(C)(C)C)C1=O. The molecule has 3 rings (SSSR count). The third-order valence-corrected chi connectivity index (χ3v) is 7.55. The number of ether oxygens (including phenoxy) is 2. The third-order valence-electron chi connectivity index (χ3n) is 6.39. The van der Waals surface area contributed by atoms with Crippen LogP contribution in [0.2, 0.25) is 0 Å². The van der Waals surface area contributed by atoms with Crippen LogP contribution in [0.25, 0.3) is 0 Å². The molecule has 1 aromatic rings. The molecule has 0 unspecified atom stereocenters.